The number of aliphatic imine (C=N–C) groups is 1. The van der Waals surface area contributed by atoms with Crippen molar-refractivity contribution in [3.8, 4) is 0 Å². The van der Waals surface area contributed by atoms with E-state index in [1.54, 1.807) is 11.9 Å². The lowest BCUT2D eigenvalue weighted by atomic mass is 10.1. The highest BCUT2D eigenvalue weighted by Gasteiger charge is 2.30. The average molecular weight is 188 g/mol. The Morgan fingerprint density at radius 3 is 2.79 bits per heavy atom. The molecule has 0 spiro atoms. The van der Waals surface area contributed by atoms with Crippen LogP contribution in [0, 0.1) is 0 Å². The molecule has 1 aliphatic heterocycles. The van der Waals surface area contributed by atoms with E-state index in [0.29, 0.717) is 12.3 Å². The summed E-state index contributed by atoms with van der Waals surface area (Å²) in [5, 5.41) is 0. The molecule has 2 rings (SSSR count). The highest BCUT2D eigenvalue weighted by Crippen LogP contribution is 2.27. The Labute approximate surface area is 83.1 Å². The number of anilines is 1. The van der Waals surface area contributed by atoms with Gasteiger partial charge >= 0.3 is 0 Å². The van der Waals surface area contributed by atoms with Crippen LogP contribution >= 0.6 is 0 Å². The quantitative estimate of drug-likeness (QED) is 0.657. The summed E-state index contributed by atoms with van der Waals surface area (Å²) >= 11 is 0. The SMILES string of the molecule is CCN=C1C(=O)N(C)c2ccccc21. The highest BCUT2D eigenvalue weighted by atomic mass is 16.2. The third-order valence-corrected chi connectivity index (χ3v) is 2.34. The summed E-state index contributed by atoms with van der Waals surface area (Å²) in [7, 11) is 1.78. The number of fused-ring (bicyclic) bond motifs is 1. The minimum absolute atomic E-state index is 0.00644. The van der Waals surface area contributed by atoms with Crippen molar-refractivity contribution in [2.24, 2.45) is 4.99 Å². The summed E-state index contributed by atoms with van der Waals surface area (Å²) in [5.41, 5.74) is 2.48. The van der Waals surface area contributed by atoms with E-state index in [4.69, 9.17) is 0 Å². The zero-order valence-corrected chi connectivity index (χ0v) is 8.32. The Kier molecular flexibility index (Phi) is 2.08. The van der Waals surface area contributed by atoms with Gasteiger partial charge in [0, 0.05) is 19.2 Å². The maximum Gasteiger partial charge on any atom is 0.276 e. The number of likely N-dealkylation sites (N-methyl/N-ethyl adjacent to an activating group) is 1. The van der Waals surface area contributed by atoms with E-state index < -0.39 is 0 Å². The minimum Gasteiger partial charge on any atom is -0.309 e. The molecule has 1 aromatic rings. The van der Waals surface area contributed by atoms with E-state index in [-0.39, 0.29) is 5.91 Å². The topological polar surface area (TPSA) is 32.7 Å². The summed E-state index contributed by atoms with van der Waals surface area (Å²) < 4.78 is 0. The first-order valence-corrected chi connectivity index (χ1v) is 4.67. The molecule has 0 fully saturated rings. The van der Waals surface area contributed by atoms with Gasteiger partial charge < -0.3 is 4.90 Å². The number of carbonyl (C=O) groups is 1. The molecule has 1 aliphatic rings. The molecule has 0 aromatic heterocycles. The van der Waals surface area contributed by atoms with Crippen molar-refractivity contribution < 1.29 is 4.79 Å². The molecule has 14 heavy (non-hydrogen) atoms. The third-order valence-electron chi connectivity index (χ3n) is 2.34. The van der Waals surface area contributed by atoms with Crippen LogP contribution in [0.5, 0.6) is 0 Å². The molecule has 3 nitrogen and oxygen atoms in total. The summed E-state index contributed by atoms with van der Waals surface area (Å²) in [6.45, 7) is 2.57. The standard InChI is InChI=1S/C11H12N2O/c1-3-12-10-8-6-4-5-7-9(8)13(2)11(10)14/h4-7H,3H2,1-2H3. The van der Waals surface area contributed by atoms with Crippen LogP contribution in [0.1, 0.15) is 12.5 Å². The molecule has 1 heterocycles. The van der Waals surface area contributed by atoms with Crippen molar-refractivity contribution in [1.82, 2.24) is 0 Å². The van der Waals surface area contributed by atoms with Crippen molar-refractivity contribution in [3.63, 3.8) is 0 Å². The zero-order chi connectivity index (χ0) is 10.1. The van der Waals surface area contributed by atoms with Crippen LogP contribution in [-0.4, -0.2) is 25.2 Å². The fourth-order valence-electron chi connectivity index (χ4n) is 1.66. The van der Waals surface area contributed by atoms with Crippen LogP contribution in [0.3, 0.4) is 0 Å². The normalized spacial score (nSPS) is 17.7. The maximum absolute atomic E-state index is 11.7. The Morgan fingerprint density at radius 2 is 2.07 bits per heavy atom. The molecule has 1 amide bonds. The van der Waals surface area contributed by atoms with Gasteiger partial charge in [-0.25, -0.2) is 0 Å². The Bertz CT molecular complexity index is 410. The van der Waals surface area contributed by atoms with Gasteiger partial charge in [0.15, 0.2) is 0 Å². The lowest BCUT2D eigenvalue weighted by molar-refractivity contribution is -0.111. The van der Waals surface area contributed by atoms with Gasteiger partial charge in [0.25, 0.3) is 5.91 Å². The Balaban J connectivity index is 2.59. The molecule has 0 saturated carbocycles. The van der Waals surface area contributed by atoms with Gasteiger partial charge in [-0.1, -0.05) is 18.2 Å². The van der Waals surface area contributed by atoms with Gasteiger partial charge in [-0.2, -0.15) is 0 Å². The number of nitrogens with zero attached hydrogens (tertiary/aromatic N) is 2. The van der Waals surface area contributed by atoms with Crippen LogP contribution in [0.2, 0.25) is 0 Å². The smallest absolute Gasteiger partial charge is 0.276 e. The van der Waals surface area contributed by atoms with Gasteiger partial charge in [-0.15, -0.1) is 0 Å². The van der Waals surface area contributed by atoms with Crippen molar-refractivity contribution >= 4 is 17.3 Å². The number of benzene rings is 1. The van der Waals surface area contributed by atoms with Gasteiger partial charge in [0.1, 0.15) is 5.71 Å². The highest BCUT2D eigenvalue weighted by molar-refractivity contribution is 6.54. The Hall–Kier alpha value is -1.64. The molecule has 0 aliphatic carbocycles. The van der Waals surface area contributed by atoms with E-state index in [1.165, 1.54) is 0 Å². The van der Waals surface area contributed by atoms with Crippen LogP contribution < -0.4 is 4.90 Å². The predicted molar refractivity (Wildman–Crippen MR) is 56.9 cm³/mol. The van der Waals surface area contributed by atoms with Gasteiger partial charge in [0.2, 0.25) is 0 Å². The van der Waals surface area contributed by atoms with Crippen LogP contribution in [0.4, 0.5) is 5.69 Å². The number of para-hydroxylation sites is 1. The van der Waals surface area contributed by atoms with Gasteiger partial charge in [-0.05, 0) is 13.0 Å². The second-order valence-corrected chi connectivity index (χ2v) is 3.20. The molecule has 3 heteroatoms. The monoisotopic (exact) mass is 188 g/mol. The fourth-order valence-corrected chi connectivity index (χ4v) is 1.66. The average Bonchev–Trinajstić information content (AvgIpc) is 2.45. The molecule has 0 N–H and O–H groups in total. The number of hydrogen-bond acceptors (Lipinski definition) is 2. The van der Waals surface area contributed by atoms with E-state index >= 15 is 0 Å². The van der Waals surface area contributed by atoms with Crippen molar-refractivity contribution in [3.05, 3.63) is 29.8 Å². The fraction of sp³-hybridized carbons (Fsp3) is 0.273. The second-order valence-electron chi connectivity index (χ2n) is 3.20. The minimum atomic E-state index is -0.00644. The van der Waals surface area contributed by atoms with Gasteiger partial charge in [-0.3, -0.25) is 9.79 Å². The number of hydrogen-bond donors (Lipinski definition) is 0. The van der Waals surface area contributed by atoms with Crippen LogP contribution in [0.25, 0.3) is 0 Å². The molecule has 72 valence electrons. The number of rotatable bonds is 1. The van der Waals surface area contributed by atoms with E-state index in [2.05, 4.69) is 4.99 Å². The number of carbonyl (C=O) groups excluding carboxylic acids is 1. The van der Waals surface area contributed by atoms with E-state index in [0.717, 1.165) is 11.3 Å². The summed E-state index contributed by atoms with van der Waals surface area (Å²) in [6.07, 6.45) is 0. The molecular formula is C11H12N2O. The summed E-state index contributed by atoms with van der Waals surface area (Å²) in [4.78, 5) is 17.6. The molecule has 0 atom stereocenters. The predicted octanol–water partition coefficient (Wildman–Crippen LogP) is 1.47. The lowest BCUT2D eigenvalue weighted by Gasteiger charge is -2.07. The van der Waals surface area contributed by atoms with Crippen LogP contribution in [0.15, 0.2) is 29.3 Å². The summed E-state index contributed by atoms with van der Waals surface area (Å²) in [6, 6.07) is 7.73. The largest absolute Gasteiger partial charge is 0.309 e. The first-order valence-electron chi connectivity index (χ1n) is 4.67. The molecular weight excluding hydrogens is 176 g/mol. The lowest BCUT2D eigenvalue weighted by Crippen LogP contribution is -2.25. The first-order chi connectivity index (χ1) is 6.75. The van der Waals surface area contributed by atoms with Gasteiger partial charge in [0.05, 0.1) is 5.69 Å². The summed E-state index contributed by atoms with van der Waals surface area (Å²) in [5.74, 6) is -0.00644. The number of amides is 1. The van der Waals surface area contributed by atoms with Crippen LogP contribution in [-0.2, 0) is 4.79 Å². The van der Waals surface area contributed by atoms with Crippen molar-refractivity contribution in [1.29, 1.82) is 0 Å². The first kappa shape index (κ1) is 8.94. The zero-order valence-electron chi connectivity index (χ0n) is 8.32. The molecule has 0 bridgehead atoms. The van der Waals surface area contributed by atoms with E-state index in [1.807, 2.05) is 31.2 Å². The molecule has 0 radical (unpaired) electrons. The maximum atomic E-state index is 11.7. The van der Waals surface area contributed by atoms with Crippen molar-refractivity contribution in [2.75, 3.05) is 18.5 Å². The second kappa shape index (κ2) is 3.25. The molecule has 0 unspecified atom stereocenters. The molecule has 0 saturated heterocycles. The Morgan fingerprint density at radius 1 is 1.36 bits per heavy atom. The third kappa shape index (κ3) is 1.13. The van der Waals surface area contributed by atoms with Crippen molar-refractivity contribution in [2.45, 2.75) is 6.92 Å². The molecule has 1 aromatic carbocycles. The van der Waals surface area contributed by atoms with E-state index in [9.17, 15) is 4.79 Å².